The summed E-state index contributed by atoms with van der Waals surface area (Å²) in [6.07, 6.45) is 1.51. The highest BCUT2D eigenvalue weighted by atomic mass is 35.5. The minimum absolute atomic E-state index is 0.00186. The summed E-state index contributed by atoms with van der Waals surface area (Å²) in [6, 6.07) is 14.1. The van der Waals surface area contributed by atoms with Gasteiger partial charge in [0.25, 0.3) is 11.8 Å². The van der Waals surface area contributed by atoms with Crippen LogP contribution in [0.25, 0.3) is 6.08 Å². The zero-order valence-corrected chi connectivity index (χ0v) is 15.2. The summed E-state index contributed by atoms with van der Waals surface area (Å²) in [7, 11) is 0. The van der Waals surface area contributed by atoms with Crippen LogP contribution in [0.1, 0.15) is 42.3 Å². The fraction of sp³-hybridized carbons (Fsp3) is 0.200. The van der Waals surface area contributed by atoms with Crippen LogP contribution in [-0.4, -0.2) is 11.8 Å². The molecule has 0 radical (unpaired) electrons. The molecule has 0 aromatic heterocycles. The second kappa shape index (κ2) is 7.53. The van der Waals surface area contributed by atoms with Crippen molar-refractivity contribution < 1.29 is 9.59 Å². The number of hydrogen-bond acceptors (Lipinski definition) is 2. The summed E-state index contributed by atoms with van der Waals surface area (Å²) in [5.41, 5.74) is 7.68. The number of carbonyl (C=O) groups excluding carboxylic acids is 2. The highest BCUT2D eigenvalue weighted by molar-refractivity contribution is 6.30. The second-order valence-corrected chi connectivity index (χ2v) is 7.19. The van der Waals surface area contributed by atoms with Crippen molar-refractivity contribution in [2.75, 3.05) is 0 Å². The predicted octanol–water partition coefficient (Wildman–Crippen LogP) is 3.89. The van der Waals surface area contributed by atoms with Crippen molar-refractivity contribution >= 4 is 29.5 Å². The van der Waals surface area contributed by atoms with E-state index < -0.39 is 5.91 Å². The third-order valence-corrected chi connectivity index (χ3v) is 3.96. The zero-order valence-electron chi connectivity index (χ0n) is 14.5. The molecule has 5 heteroatoms. The van der Waals surface area contributed by atoms with E-state index in [1.54, 1.807) is 36.4 Å². The van der Waals surface area contributed by atoms with E-state index in [2.05, 4.69) is 26.1 Å². The van der Waals surface area contributed by atoms with Crippen LogP contribution in [0.15, 0.2) is 54.2 Å². The maximum atomic E-state index is 12.4. The number of rotatable bonds is 4. The lowest BCUT2D eigenvalue weighted by Gasteiger charge is -2.19. The van der Waals surface area contributed by atoms with E-state index in [-0.39, 0.29) is 17.0 Å². The quantitative estimate of drug-likeness (QED) is 0.815. The molecule has 2 aromatic rings. The van der Waals surface area contributed by atoms with Crippen LogP contribution < -0.4 is 11.1 Å². The Hall–Kier alpha value is -2.59. The van der Waals surface area contributed by atoms with Crippen LogP contribution in [0.2, 0.25) is 5.02 Å². The average molecular weight is 357 g/mol. The predicted molar refractivity (Wildman–Crippen MR) is 101 cm³/mol. The third kappa shape index (κ3) is 5.19. The molecule has 0 fully saturated rings. The Bertz CT molecular complexity index is 801. The van der Waals surface area contributed by atoms with Crippen LogP contribution in [-0.2, 0) is 10.2 Å². The van der Waals surface area contributed by atoms with E-state index in [1.165, 1.54) is 6.08 Å². The molecule has 0 aliphatic heterocycles. The van der Waals surface area contributed by atoms with Crippen LogP contribution in [0.4, 0.5) is 0 Å². The van der Waals surface area contributed by atoms with Gasteiger partial charge in [-0.2, -0.15) is 0 Å². The summed E-state index contributed by atoms with van der Waals surface area (Å²) < 4.78 is 0. The lowest BCUT2D eigenvalue weighted by molar-refractivity contribution is -0.114. The normalized spacial score (nSPS) is 11.9. The van der Waals surface area contributed by atoms with Gasteiger partial charge in [0.15, 0.2) is 0 Å². The van der Waals surface area contributed by atoms with Gasteiger partial charge in [-0.15, -0.1) is 0 Å². The Morgan fingerprint density at radius 1 is 1.00 bits per heavy atom. The number of amides is 2. The SMILES string of the molecule is CC(C)(C)c1ccc(C(=O)N/C(=C\c2ccc(Cl)cc2)C(N)=O)cc1. The van der Waals surface area contributed by atoms with Gasteiger partial charge in [0.2, 0.25) is 0 Å². The van der Waals surface area contributed by atoms with Gasteiger partial charge in [-0.05, 0) is 46.9 Å². The minimum Gasteiger partial charge on any atom is -0.364 e. The van der Waals surface area contributed by atoms with Gasteiger partial charge in [-0.3, -0.25) is 9.59 Å². The highest BCUT2D eigenvalue weighted by Gasteiger charge is 2.15. The molecule has 0 saturated carbocycles. The Morgan fingerprint density at radius 2 is 1.56 bits per heavy atom. The lowest BCUT2D eigenvalue weighted by atomic mass is 9.87. The van der Waals surface area contributed by atoms with Gasteiger partial charge in [-0.25, -0.2) is 0 Å². The minimum atomic E-state index is -0.713. The van der Waals surface area contributed by atoms with Crippen LogP contribution in [0.5, 0.6) is 0 Å². The number of nitrogens with two attached hydrogens (primary N) is 1. The number of halogens is 1. The molecular weight excluding hydrogens is 336 g/mol. The lowest BCUT2D eigenvalue weighted by Crippen LogP contribution is -2.31. The Morgan fingerprint density at radius 3 is 2.04 bits per heavy atom. The monoisotopic (exact) mass is 356 g/mol. The van der Waals surface area contributed by atoms with Crippen molar-refractivity contribution in [2.24, 2.45) is 5.73 Å². The second-order valence-electron chi connectivity index (χ2n) is 6.76. The first-order valence-electron chi connectivity index (χ1n) is 7.86. The smallest absolute Gasteiger partial charge is 0.265 e. The van der Waals surface area contributed by atoms with Crippen molar-refractivity contribution in [1.82, 2.24) is 5.32 Å². The standard InChI is InChI=1S/C20H21ClN2O2/c1-20(2,3)15-8-6-14(7-9-15)19(25)23-17(18(22)24)12-13-4-10-16(21)11-5-13/h4-12H,1-3H3,(H2,22,24)(H,23,25)/b17-12-. The highest BCUT2D eigenvalue weighted by Crippen LogP contribution is 2.22. The molecule has 3 N–H and O–H groups in total. The van der Waals surface area contributed by atoms with Crippen LogP contribution >= 0.6 is 11.6 Å². The van der Waals surface area contributed by atoms with Crippen molar-refractivity contribution in [3.05, 3.63) is 75.9 Å². The molecule has 0 unspecified atom stereocenters. The van der Waals surface area contributed by atoms with Crippen molar-refractivity contribution in [1.29, 1.82) is 0 Å². The number of carbonyl (C=O) groups is 2. The molecule has 0 aliphatic carbocycles. The number of benzene rings is 2. The van der Waals surface area contributed by atoms with E-state index in [9.17, 15) is 9.59 Å². The fourth-order valence-electron chi connectivity index (χ4n) is 2.21. The van der Waals surface area contributed by atoms with E-state index >= 15 is 0 Å². The van der Waals surface area contributed by atoms with Crippen molar-refractivity contribution in [3.63, 3.8) is 0 Å². The molecule has 2 amide bonds. The van der Waals surface area contributed by atoms with E-state index in [0.29, 0.717) is 16.1 Å². The summed E-state index contributed by atoms with van der Waals surface area (Å²) in [6.45, 7) is 6.30. The van der Waals surface area contributed by atoms with Crippen molar-refractivity contribution in [3.8, 4) is 0 Å². The topological polar surface area (TPSA) is 72.2 Å². The van der Waals surface area contributed by atoms with Gasteiger partial charge in [-0.1, -0.05) is 56.6 Å². The molecule has 0 atom stereocenters. The maximum Gasteiger partial charge on any atom is 0.265 e. The summed E-state index contributed by atoms with van der Waals surface area (Å²) in [4.78, 5) is 24.0. The van der Waals surface area contributed by atoms with Gasteiger partial charge in [0.05, 0.1) is 0 Å². The average Bonchev–Trinajstić information content (AvgIpc) is 2.55. The van der Waals surface area contributed by atoms with Gasteiger partial charge >= 0.3 is 0 Å². The molecule has 2 rings (SSSR count). The summed E-state index contributed by atoms with van der Waals surface area (Å²) in [5.74, 6) is -1.10. The van der Waals surface area contributed by atoms with E-state index in [4.69, 9.17) is 17.3 Å². The van der Waals surface area contributed by atoms with Crippen LogP contribution in [0, 0.1) is 0 Å². The summed E-state index contributed by atoms with van der Waals surface area (Å²) >= 11 is 5.84. The summed E-state index contributed by atoms with van der Waals surface area (Å²) in [5, 5.41) is 3.15. The molecule has 2 aromatic carbocycles. The first-order chi connectivity index (χ1) is 11.7. The molecule has 0 saturated heterocycles. The van der Waals surface area contributed by atoms with E-state index in [0.717, 1.165) is 5.56 Å². The van der Waals surface area contributed by atoms with Gasteiger partial charge < -0.3 is 11.1 Å². The molecular formula is C20H21ClN2O2. The molecule has 25 heavy (non-hydrogen) atoms. The fourth-order valence-corrected chi connectivity index (χ4v) is 2.34. The third-order valence-electron chi connectivity index (χ3n) is 3.71. The molecule has 4 nitrogen and oxygen atoms in total. The molecule has 0 bridgehead atoms. The van der Waals surface area contributed by atoms with Crippen molar-refractivity contribution in [2.45, 2.75) is 26.2 Å². The molecule has 0 aliphatic rings. The Kier molecular flexibility index (Phi) is 5.65. The number of primary amides is 1. The Balaban J connectivity index is 2.20. The maximum absolute atomic E-state index is 12.4. The first-order valence-corrected chi connectivity index (χ1v) is 8.23. The first kappa shape index (κ1) is 18.7. The van der Waals surface area contributed by atoms with E-state index in [1.807, 2.05) is 12.1 Å². The van der Waals surface area contributed by atoms with Gasteiger partial charge in [0.1, 0.15) is 5.70 Å². The molecule has 130 valence electrons. The largest absolute Gasteiger partial charge is 0.364 e. The molecule has 0 heterocycles. The van der Waals surface area contributed by atoms with Crippen LogP contribution in [0.3, 0.4) is 0 Å². The molecule has 0 spiro atoms. The zero-order chi connectivity index (χ0) is 18.6. The number of hydrogen-bond donors (Lipinski definition) is 2. The van der Waals surface area contributed by atoms with Gasteiger partial charge in [0, 0.05) is 10.6 Å². The Labute approximate surface area is 152 Å². The number of nitrogens with one attached hydrogen (secondary N) is 1.